The van der Waals surface area contributed by atoms with Gasteiger partial charge in [-0.2, -0.15) is 11.8 Å². The minimum absolute atomic E-state index is 0.848. The van der Waals surface area contributed by atoms with Crippen LogP contribution in [0.5, 0.6) is 0 Å². The molecular formula is C6H10OS. The van der Waals surface area contributed by atoms with E-state index < -0.39 is 0 Å². The van der Waals surface area contributed by atoms with Gasteiger partial charge in [0, 0.05) is 11.0 Å². The van der Waals surface area contributed by atoms with Crippen molar-refractivity contribution in [2.75, 3.05) is 12.4 Å². The zero-order chi connectivity index (χ0) is 5.82. The summed E-state index contributed by atoms with van der Waals surface area (Å²) in [5.41, 5.74) is 0. The molecule has 0 spiro atoms. The second-order valence-corrected chi connectivity index (χ2v) is 3.11. The normalized spacial score (nSPS) is 24.8. The first-order valence-electron chi connectivity index (χ1n) is 2.77. The largest absolute Gasteiger partial charge is 0.502 e. The molecule has 1 saturated heterocycles. The zero-order valence-corrected chi connectivity index (χ0v) is 5.62. The lowest BCUT2D eigenvalue weighted by Gasteiger charge is -1.94. The van der Waals surface area contributed by atoms with Crippen LogP contribution < -0.4 is 0 Å². The molecule has 0 bridgehead atoms. The smallest absolute Gasteiger partial charge is 0.0883 e. The maximum atomic E-state index is 4.93. The number of thioether (sulfide) groups is 1. The monoisotopic (exact) mass is 130 g/mol. The maximum Gasteiger partial charge on any atom is 0.0883 e. The summed E-state index contributed by atoms with van der Waals surface area (Å²) in [5, 5.41) is 0.898. The number of rotatable bonds is 4. The lowest BCUT2D eigenvalue weighted by Crippen LogP contribution is -1.91. The van der Waals surface area contributed by atoms with Crippen LogP contribution in [0.1, 0.15) is 6.42 Å². The molecule has 0 aliphatic carbocycles. The van der Waals surface area contributed by atoms with Crippen molar-refractivity contribution in [1.82, 2.24) is 0 Å². The van der Waals surface area contributed by atoms with E-state index in [1.807, 2.05) is 11.8 Å². The SMILES string of the molecule is C=COCCC1CS1. The summed E-state index contributed by atoms with van der Waals surface area (Å²) in [7, 11) is 0. The molecule has 0 aromatic rings. The Balaban J connectivity index is 1.80. The van der Waals surface area contributed by atoms with Crippen molar-refractivity contribution in [2.45, 2.75) is 11.7 Å². The lowest BCUT2D eigenvalue weighted by molar-refractivity contribution is 0.248. The van der Waals surface area contributed by atoms with Gasteiger partial charge in [-0.3, -0.25) is 0 Å². The van der Waals surface area contributed by atoms with Crippen LogP contribution in [0.25, 0.3) is 0 Å². The Labute approximate surface area is 54.1 Å². The molecule has 8 heavy (non-hydrogen) atoms. The Kier molecular flexibility index (Phi) is 2.27. The minimum Gasteiger partial charge on any atom is -0.502 e. The van der Waals surface area contributed by atoms with Crippen molar-refractivity contribution >= 4 is 11.8 Å². The molecule has 1 unspecified atom stereocenters. The van der Waals surface area contributed by atoms with E-state index in [9.17, 15) is 0 Å². The zero-order valence-electron chi connectivity index (χ0n) is 4.80. The van der Waals surface area contributed by atoms with Gasteiger partial charge in [0.2, 0.25) is 0 Å². The van der Waals surface area contributed by atoms with E-state index in [0.29, 0.717) is 0 Å². The first kappa shape index (κ1) is 6.02. The highest BCUT2D eigenvalue weighted by atomic mass is 32.2. The maximum absolute atomic E-state index is 4.93. The van der Waals surface area contributed by atoms with E-state index in [-0.39, 0.29) is 0 Å². The number of hydrogen-bond donors (Lipinski definition) is 0. The predicted octanol–water partition coefficient (Wildman–Crippen LogP) is 1.65. The number of hydrogen-bond acceptors (Lipinski definition) is 2. The summed E-state index contributed by atoms with van der Waals surface area (Å²) in [6.07, 6.45) is 2.70. The summed E-state index contributed by atoms with van der Waals surface area (Å²) < 4.78 is 4.93. The Morgan fingerprint density at radius 2 is 2.62 bits per heavy atom. The van der Waals surface area contributed by atoms with Gasteiger partial charge >= 0.3 is 0 Å². The highest BCUT2D eigenvalue weighted by Crippen LogP contribution is 2.32. The van der Waals surface area contributed by atoms with Crippen LogP contribution in [0.2, 0.25) is 0 Å². The van der Waals surface area contributed by atoms with Crippen molar-refractivity contribution < 1.29 is 4.74 Å². The third-order valence-electron chi connectivity index (χ3n) is 1.08. The van der Waals surface area contributed by atoms with Gasteiger partial charge in [-0.25, -0.2) is 0 Å². The standard InChI is InChI=1S/C6H10OS/c1-2-7-4-3-6-5-8-6/h2,6H,1,3-5H2. The third-order valence-corrected chi connectivity index (χ3v) is 2.12. The summed E-state index contributed by atoms with van der Waals surface area (Å²) in [4.78, 5) is 0. The molecule has 1 rings (SSSR count). The summed E-state index contributed by atoms with van der Waals surface area (Å²) in [6, 6.07) is 0. The molecule has 46 valence electrons. The Bertz CT molecular complexity index is 78.6. The Hall–Kier alpha value is -0.110. The molecule has 1 atom stereocenters. The summed E-state index contributed by atoms with van der Waals surface area (Å²) >= 11 is 2.00. The van der Waals surface area contributed by atoms with Gasteiger partial charge in [-0.05, 0) is 6.42 Å². The van der Waals surface area contributed by atoms with Crippen molar-refractivity contribution in [3.05, 3.63) is 12.8 Å². The quantitative estimate of drug-likeness (QED) is 0.325. The van der Waals surface area contributed by atoms with Crippen molar-refractivity contribution in [2.24, 2.45) is 0 Å². The molecule has 1 aliphatic heterocycles. The first-order valence-corrected chi connectivity index (χ1v) is 3.82. The van der Waals surface area contributed by atoms with Crippen molar-refractivity contribution in [3.8, 4) is 0 Å². The van der Waals surface area contributed by atoms with Crippen LogP contribution in [0.15, 0.2) is 12.8 Å². The summed E-state index contributed by atoms with van der Waals surface area (Å²) in [6.45, 7) is 4.30. The van der Waals surface area contributed by atoms with Gasteiger partial charge in [0.1, 0.15) is 0 Å². The van der Waals surface area contributed by atoms with Gasteiger partial charge in [0.25, 0.3) is 0 Å². The first-order chi connectivity index (χ1) is 3.93. The van der Waals surface area contributed by atoms with Gasteiger partial charge in [-0.15, -0.1) is 0 Å². The van der Waals surface area contributed by atoms with Gasteiger partial charge in [0.15, 0.2) is 0 Å². The van der Waals surface area contributed by atoms with Crippen molar-refractivity contribution in [3.63, 3.8) is 0 Å². The molecule has 0 radical (unpaired) electrons. The van der Waals surface area contributed by atoms with Gasteiger partial charge in [0.05, 0.1) is 12.9 Å². The van der Waals surface area contributed by atoms with Crippen LogP contribution in [-0.4, -0.2) is 17.6 Å². The average Bonchev–Trinajstić information content (AvgIpc) is 2.51. The Morgan fingerprint density at radius 1 is 1.88 bits per heavy atom. The molecule has 1 nitrogen and oxygen atoms in total. The minimum atomic E-state index is 0.848. The molecule has 0 saturated carbocycles. The second kappa shape index (κ2) is 3.02. The van der Waals surface area contributed by atoms with E-state index in [0.717, 1.165) is 11.9 Å². The highest BCUT2D eigenvalue weighted by molar-refractivity contribution is 8.06. The lowest BCUT2D eigenvalue weighted by atomic mass is 10.4. The van der Waals surface area contributed by atoms with E-state index >= 15 is 0 Å². The number of ether oxygens (including phenoxy) is 1. The topological polar surface area (TPSA) is 9.23 Å². The molecule has 0 N–H and O–H groups in total. The van der Waals surface area contributed by atoms with Crippen LogP contribution in [-0.2, 0) is 4.74 Å². The highest BCUT2D eigenvalue weighted by Gasteiger charge is 2.21. The average molecular weight is 130 g/mol. The Morgan fingerprint density at radius 3 is 3.12 bits per heavy atom. The van der Waals surface area contributed by atoms with E-state index in [1.54, 1.807) is 0 Å². The molecule has 0 aromatic carbocycles. The second-order valence-electron chi connectivity index (χ2n) is 1.78. The third kappa shape index (κ3) is 2.26. The van der Waals surface area contributed by atoms with E-state index in [4.69, 9.17) is 4.74 Å². The molecule has 0 amide bonds. The molecule has 1 heterocycles. The fourth-order valence-corrected chi connectivity index (χ4v) is 1.08. The molecule has 1 aliphatic rings. The molecular weight excluding hydrogens is 120 g/mol. The van der Waals surface area contributed by atoms with Crippen LogP contribution in [0.4, 0.5) is 0 Å². The molecule has 2 heteroatoms. The fourth-order valence-electron chi connectivity index (χ4n) is 0.518. The van der Waals surface area contributed by atoms with E-state index in [1.165, 1.54) is 18.4 Å². The predicted molar refractivity (Wildman–Crippen MR) is 37.0 cm³/mol. The van der Waals surface area contributed by atoms with E-state index in [2.05, 4.69) is 6.58 Å². The van der Waals surface area contributed by atoms with Crippen LogP contribution in [0.3, 0.4) is 0 Å². The van der Waals surface area contributed by atoms with Crippen molar-refractivity contribution in [1.29, 1.82) is 0 Å². The fraction of sp³-hybridized carbons (Fsp3) is 0.667. The van der Waals surface area contributed by atoms with Gasteiger partial charge < -0.3 is 4.74 Å². The van der Waals surface area contributed by atoms with Crippen LogP contribution in [0, 0.1) is 0 Å². The van der Waals surface area contributed by atoms with Gasteiger partial charge in [-0.1, -0.05) is 6.58 Å². The molecule has 0 aromatic heterocycles. The summed E-state index contributed by atoms with van der Waals surface area (Å²) in [5.74, 6) is 1.33. The van der Waals surface area contributed by atoms with Crippen LogP contribution >= 0.6 is 11.8 Å². The molecule has 1 fully saturated rings.